The molecule has 96 valence electrons. The first kappa shape index (κ1) is 11.7. The lowest BCUT2D eigenvalue weighted by atomic mass is 10.3. The number of imidazole rings is 1. The van der Waals surface area contributed by atoms with Crippen LogP contribution in [0.5, 0.6) is 0 Å². The highest BCUT2D eigenvalue weighted by Crippen LogP contribution is 2.11. The first-order valence-electron chi connectivity index (χ1n) is 5.82. The van der Waals surface area contributed by atoms with Gasteiger partial charge in [0.2, 0.25) is 0 Å². The minimum Gasteiger partial charge on any atom is -0.332 e. The number of benzene rings is 1. The second kappa shape index (κ2) is 5.11. The predicted octanol–water partition coefficient (Wildman–Crippen LogP) is 2.72. The molecule has 1 aromatic carbocycles. The highest BCUT2D eigenvalue weighted by molar-refractivity contribution is 7.15. The van der Waals surface area contributed by atoms with E-state index in [9.17, 15) is 4.79 Å². The van der Waals surface area contributed by atoms with E-state index >= 15 is 0 Å². The van der Waals surface area contributed by atoms with E-state index in [1.807, 2.05) is 52.5 Å². The van der Waals surface area contributed by atoms with Gasteiger partial charge >= 0.3 is 6.03 Å². The Morgan fingerprint density at radius 3 is 2.95 bits per heavy atom. The van der Waals surface area contributed by atoms with Crippen LogP contribution in [0.25, 0.3) is 4.96 Å². The smallest absolute Gasteiger partial charge is 0.319 e. The molecule has 0 bridgehead atoms. The van der Waals surface area contributed by atoms with Gasteiger partial charge in [-0.15, -0.1) is 11.3 Å². The second-order valence-electron chi connectivity index (χ2n) is 4.00. The summed E-state index contributed by atoms with van der Waals surface area (Å²) in [5, 5.41) is 7.51. The third kappa shape index (κ3) is 2.74. The molecule has 3 rings (SSSR count). The first-order valence-corrected chi connectivity index (χ1v) is 6.70. The van der Waals surface area contributed by atoms with Crippen molar-refractivity contribution in [2.24, 2.45) is 0 Å². The van der Waals surface area contributed by atoms with Crippen molar-refractivity contribution in [3.8, 4) is 0 Å². The van der Waals surface area contributed by atoms with E-state index in [4.69, 9.17) is 0 Å². The highest BCUT2D eigenvalue weighted by atomic mass is 32.1. The van der Waals surface area contributed by atoms with Crippen LogP contribution >= 0.6 is 11.3 Å². The van der Waals surface area contributed by atoms with Crippen molar-refractivity contribution in [2.75, 3.05) is 5.32 Å². The molecule has 0 radical (unpaired) electrons. The number of nitrogens with one attached hydrogen (secondary N) is 2. The van der Waals surface area contributed by atoms with Crippen molar-refractivity contribution >= 4 is 28.0 Å². The van der Waals surface area contributed by atoms with Crippen molar-refractivity contribution in [1.29, 1.82) is 0 Å². The Hall–Kier alpha value is -2.34. The van der Waals surface area contributed by atoms with E-state index in [0.29, 0.717) is 6.54 Å². The molecule has 2 amide bonds. The van der Waals surface area contributed by atoms with E-state index in [1.165, 1.54) is 0 Å². The van der Waals surface area contributed by atoms with Gasteiger partial charge in [-0.2, -0.15) is 0 Å². The maximum Gasteiger partial charge on any atom is 0.319 e. The average Bonchev–Trinajstić information content (AvgIpc) is 2.98. The number of fused-ring (bicyclic) bond motifs is 1. The molecule has 0 saturated carbocycles. The fourth-order valence-electron chi connectivity index (χ4n) is 1.73. The standard InChI is InChI=1S/C13H12N4OS/c18-12(15-10-4-2-1-3-5-10)14-8-11-9-17-6-7-19-13(17)16-11/h1-7,9H,8H2,(H2,14,15,18). The SMILES string of the molecule is O=C(NCc1cn2ccsc2n1)Nc1ccccc1. The Kier molecular flexibility index (Phi) is 3.16. The molecule has 2 aromatic heterocycles. The van der Waals surface area contributed by atoms with E-state index in [2.05, 4.69) is 15.6 Å². The van der Waals surface area contributed by atoms with Crippen LogP contribution in [-0.4, -0.2) is 15.4 Å². The molecule has 0 saturated heterocycles. The molecular weight excluding hydrogens is 260 g/mol. The van der Waals surface area contributed by atoms with Crippen molar-refractivity contribution in [3.05, 3.63) is 53.8 Å². The molecule has 6 heteroatoms. The van der Waals surface area contributed by atoms with Crippen LogP contribution in [0.1, 0.15) is 5.69 Å². The molecule has 5 nitrogen and oxygen atoms in total. The van der Waals surface area contributed by atoms with Crippen LogP contribution in [0.15, 0.2) is 48.1 Å². The van der Waals surface area contributed by atoms with Gasteiger partial charge < -0.3 is 10.6 Å². The van der Waals surface area contributed by atoms with E-state index in [1.54, 1.807) is 11.3 Å². The Morgan fingerprint density at radius 1 is 1.32 bits per heavy atom. The summed E-state index contributed by atoms with van der Waals surface area (Å²) in [7, 11) is 0. The summed E-state index contributed by atoms with van der Waals surface area (Å²) in [4.78, 5) is 17.0. The number of hydrogen-bond acceptors (Lipinski definition) is 3. The molecular formula is C13H12N4OS. The number of hydrogen-bond donors (Lipinski definition) is 2. The third-order valence-corrected chi connectivity index (χ3v) is 3.38. The summed E-state index contributed by atoms with van der Waals surface area (Å²) in [6.07, 6.45) is 3.86. The second-order valence-corrected chi connectivity index (χ2v) is 4.87. The van der Waals surface area contributed by atoms with Crippen LogP contribution in [0.4, 0.5) is 10.5 Å². The topological polar surface area (TPSA) is 58.4 Å². The van der Waals surface area contributed by atoms with E-state index in [0.717, 1.165) is 16.3 Å². The fourth-order valence-corrected chi connectivity index (χ4v) is 2.45. The minimum absolute atomic E-state index is 0.234. The Labute approximate surface area is 113 Å². The normalized spacial score (nSPS) is 10.5. The largest absolute Gasteiger partial charge is 0.332 e. The molecule has 2 heterocycles. The number of carbonyl (C=O) groups excluding carboxylic acids is 1. The van der Waals surface area contributed by atoms with Gasteiger partial charge in [-0.25, -0.2) is 9.78 Å². The first-order chi connectivity index (χ1) is 9.31. The van der Waals surface area contributed by atoms with E-state index in [-0.39, 0.29) is 6.03 Å². The van der Waals surface area contributed by atoms with Crippen LogP contribution < -0.4 is 10.6 Å². The van der Waals surface area contributed by atoms with Gasteiger partial charge in [0.05, 0.1) is 12.2 Å². The maximum atomic E-state index is 11.7. The number of urea groups is 1. The summed E-state index contributed by atoms with van der Waals surface area (Å²) >= 11 is 1.57. The molecule has 0 aliphatic rings. The molecule has 0 aliphatic heterocycles. The van der Waals surface area contributed by atoms with Crippen LogP contribution in [-0.2, 0) is 6.54 Å². The lowest BCUT2D eigenvalue weighted by Crippen LogP contribution is -2.28. The third-order valence-electron chi connectivity index (χ3n) is 2.60. The molecule has 0 spiro atoms. The number of para-hydroxylation sites is 1. The summed E-state index contributed by atoms with van der Waals surface area (Å²) in [5.41, 5.74) is 1.61. The van der Waals surface area contributed by atoms with Gasteiger partial charge in [0.1, 0.15) is 0 Å². The monoisotopic (exact) mass is 272 g/mol. The van der Waals surface area contributed by atoms with Gasteiger partial charge in [0.25, 0.3) is 0 Å². The van der Waals surface area contributed by atoms with Crippen molar-refractivity contribution in [2.45, 2.75) is 6.54 Å². The fraction of sp³-hybridized carbons (Fsp3) is 0.0769. The van der Waals surface area contributed by atoms with Crippen LogP contribution in [0.3, 0.4) is 0 Å². The summed E-state index contributed by atoms with van der Waals surface area (Å²) in [6, 6.07) is 9.10. The molecule has 0 fully saturated rings. The number of aromatic nitrogens is 2. The van der Waals surface area contributed by atoms with Crippen molar-refractivity contribution < 1.29 is 4.79 Å². The minimum atomic E-state index is -0.234. The number of anilines is 1. The summed E-state index contributed by atoms with van der Waals surface area (Å²) in [5.74, 6) is 0. The average molecular weight is 272 g/mol. The van der Waals surface area contributed by atoms with Gasteiger partial charge in [0.15, 0.2) is 4.96 Å². The van der Waals surface area contributed by atoms with Gasteiger partial charge in [-0.3, -0.25) is 4.40 Å². The lowest BCUT2D eigenvalue weighted by Gasteiger charge is -2.05. The predicted molar refractivity (Wildman–Crippen MR) is 75.4 cm³/mol. The van der Waals surface area contributed by atoms with Gasteiger partial charge in [0, 0.05) is 23.5 Å². The highest BCUT2D eigenvalue weighted by Gasteiger charge is 2.05. The van der Waals surface area contributed by atoms with Crippen LogP contribution in [0.2, 0.25) is 0 Å². The number of nitrogens with zero attached hydrogens (tertiary/aromatic N) is 2. The number of rotatable bonds is 3. The zero-order chi connectivity index (χ0) is 13.1. The Bertz CT molecular complexity index is 660. The van der Waals surface area contributed by atoms with E-state index < -0.39 is 0 Å². The number of amides is 2. The zero-order valence-corrected chi connectivity index (χ0v) is 10.9. The quantitative estimate of drug-likeness (QED) is 0.770. The summed E-state index contributed by atoms with van der Waals surface area (Å²) < 4.78 is 1.94. The Balaban J connectivity index is 1.57. The van der Waals surface area contributed by atoms with Crippen molar-refractivity contribution in [3.63, 3.8) is 0 Å². The van der Waals surface area contributed by atoms with Gasteiger partial charge in [-0.1, -0.05) is 18.2 Å². The molecule has 2 N–H and O–H groups in total. The summed E-state index contributed by atoms with van der Waals surface area (Å²) in [6.45, 7) is 0.410. The number of carbonyl (C=O) groups is 1. The lowest BCUT2D eigenvalue weighted by molar-refractivity contribution is 0.251. The molecule has 3 aromatic rings. The molecule has 19 heavy (non-hydrogen) atoms. The molecule has 0 aliphatic carbocycles. The molecule has 0 atom stereocenters. The molecule has 0 unspecified atom stereocenters. The Morgan fingerprint density at radius 2 is 2.16 bits per heavy atom. The zero-order valence-electron chi connectivity index (χ0n) is 10.0. The van der Waals surface area contributed by atoms with Gasteiger partial charge in [-0.05, 0) is 12.1 Å². The maximum absolute atomic E-state index is 11.7. The van der Waals surface area contributed by atoms with Crippen LogP contribution in [0, 0.1) is 0 Å². The van der Waals surface area contributed by atoms with Crippen molar-refractivity contribution in [1.82, 2.24) is 14.7 Å². The number of thiazole rings is 1.